The SMILES string of the molecule is C#CCN(Cc1ccc2nc(N)[nH]c(=O)c2c1)c1ccc(C(=O)N[C@@H](CCC(=O)OCCSSCCC(=O)N[C@@H](CC(=O)O)C(=O)N[C@@H](CC(=O)O)C(C)=O)C(=O)O)cc1. The zero-order valence-electron chi connectivity index (χ0n) is 32.1. The molecule has 0 aliphatic carbocycles. The van der Waals surface area contributed by atoms with Crippen LogP contribution in [0.5, 0.6) is 0 Å². The van der Waals surface area contributed by atoms with E-state index in [0.717, 1.165) is 12.5 Å². The van der Waals surface area contributed by atoms with Crippen LogP contribution in [-0.2, 0) is 44.8 Å². The maximum absolute atomic E-state index is 13.0. The summed E-state index contributed by atoms with van der Waals surface area (Å²) in [5.74, 6) is -4.78. The average molecular weight is 870 g/mol. The van der Waals surface area contributed by atoms with Gasteiger partial charge in [0.15, 0.2) is 5.78 Å². The van der Waals surface area contributed by atoms with Crippen LogP contribution in [0, 0.1) is 12.3 Å². The van der Waals surface area contributed by atoms with Gasteiger partial charge in [0.1, 0.15) is 18.7 Å². The molecule has 1 heterocycles. The van der Waals surface area contributed by atoms with Gasteiger partial charge in [0.25, 0.3) is 11.5 Å². The molecule has 22 heteroatoms. The fourth-order valence-electron chi connectivity index (χ4n) is 5.36. The molecule has 3 rings (SSSR count). The predicted molar refractivity (Wildman–Crippen MR) is 221 cm³/mol. The summed E-state index contributed by atoms with van der Waals surface area (Å²) < 4.78 is 5.14. The number of H-pyrrole nitrogens is 1. The van der Waals surface area contributed by atoms with Gasteiger partial charge in [-0.3, -0.25) is 43.3 Å². The Balaban J connectivity index is 1.40. The number of nitrogen functional groups attached to an aromatic ring is 1. The highest BCUT2D eigenvalue weighted by Gasteiger charge is 2.28. The summed E-state index contributed by atoms with van der Waals surface area (Å²) >= 11 is 0. The molecule has 320 valence electrons. The molecule has 20 nitrogen and oxygen atoms in total. The minimum absolute atomic E-state index is 0.00212. The Morgan fingerprint density at radius 2 is 1.57 bits per heavy atom. The van der Waals surface area contributed by atoms with Crippen LogP contribution in [-0.4, -0.2) is 115 Å². The van der Waals surface area contributed by atoms with Crippen molar-refractivity contribution in [3.63, 3.8) is 0 Å². The number of anilines is 2. The minimum atomic E-state index is -1.55. The molecule has 0 radical (unpaired) electrons. The van der Waals surface area contributed by atoms with Gasteiger partial charge in [0.05, 0.1) is 36.3 Å². The first-order valence-corrected chi connectivity index (χ1v) is 20.5. The number of carboxylic acids is 3. The summed E-state index contributed by atoms with van der Waals surface area (Å²) in [4.78, 5) is 117. The third kappa shape index (κ3) is 16.0. The number of hydrogen-bond donors (Lipinski definition) is 8. The Labute approximate surface area is 350 Å². The van der Waals surface area contributed by atoms with E-state index in [4.69, 9.17) is 27.1 Å². The van der Waals surface area contributed by atoms with Gasteiger partial charge in [0.2, 0.25) is 17.8 Å². The Morgan fingerprint density at radius 1 is 0.900 bits per heavy atom. The number of nitrogens with one attached hydrogen (secondary N) is 4. The molecule has 0 aliphatic heterocycles. The van der Waals surface area contributed by atoms with Gasteiger partial charge < -0.3 is 46.6 Å². The summed E-state index contributed by atoms with van der Waals surface area (Å²) in [5, 5.41) is 34.9. The number of ketones is 1. The van der Waals surface area contributed by atoms with Crippen LogP contribution in [0.3, 0.4) is 0 Å². The Kier molecular flexibility index (Phi) is 18.9. The van der Waals surface area contributed by atoms with Crippen molar-refractivity contribution in [2.75, 3.05) is 35.3 Å². The number of aliphatic carboxylic acids is 3. The topological polar surface area (TPSA) is 318 Å². The van der Waals surface area contributed by atoms with Crippen molar-refractivity contribution in [1.29, 1.82) is 0 Å². The number of ether oxygens (including phenoxy) is 1. The number of carbonyl (C=O) groups is 8. The highest BCUT2D eigenvalue weighted by Crippen LogP contribution is 2.22. The number of Topliss-reactive ketones (excluding diaryl/α,β-unsaturated/α-hetero) is 1. The largest absolute Gasteiger partial charge is 0.481 e. The summed E-state index contributed by atoms with van der Waals surface area (Å²) in [7, 11) is 2.46. The number of fused-ring (bicyclic) bond motifs is 1. The van der Waals surface area contributed by atoms with Crippen LogP contribution < -0.4 is 32.1 Å². The third-order valence-electron chi connectivity index (χ3n) is 8.32. The van der Waals surface area contributed by atoms with Gasteiger partial charge in [-0.2, -0.15) is 0 Å². The van der Waals surface area contributed by atoms with E-state index >= 15 is 0 Å². The van der Waals surface area contributed by atoms with Crippen LogP contribution in [0.15, 0.2) is 47.3 Å². The maximum Gasteiger partial charge on any atom is 0.326 e. The van der Waals surface area contributed by atoms with Crippen molar-refractivity contribution in [1.82, 2.24) is 25.9 Å². The molecule has 2 aromatic carbocycles. The van der Waals surface area contributed by atoms with E-state index in [1.54, 1.807) is 30.3 Å². The van der Waals surface area contributed by atoms with Gasteiger partial charge in [-0.1, -0.05) is 33.6 Å². The lowest BCUT2D eigenvalue weighted by molar-refractivity contribution is -0.144. The molecule has 0 unspecified atom stereocenters. The van der Waals surface area contributed by atoms with Crippen molar-refractivity contribution < 1.29 is 58.4 Å². The van der Waals surface area contributed by atoms with Gasteiger partial charge in [-0.05, 0) is 55.3 Å². The number of benzene rings is 2. The molecule has 60 heavy (non-hydrogen) atoms. The van der Waals surface area contributed by atoms with Gasteiger partial charge in [0, 0.05) is 42.1 Å². The van der Waals surface area contributed by atoms with Crippen molar-refractivity contribution in [3.8, 4) is 12.3 Å². The predicted octanol–water partition coefficient (Wildman–Crippen LogP) is 0.931. The number of carboxylic acid groups (broad SMARTS) is 3. The number of carbonyl (C=O) groups excluding carboxylic acids is 5. The average Bonchev–Trinajstić information content (AvgIpc) is 3.18. The fraction of sp³-hybridized carbons (Fsp3) is 0.368. The maximum atomic E-state index is 13.0. The summed E-state index contributed by atoms with van der Waals surface area (Å²) in [5.41, 5.74) is 7.24. The van der Waals surface area contributed by atoms with Gasteiger partial charge in [-0.15, -0.1) is 6.42 Å². The van der Waals surface area contributed by atoms with Crippen molar-refractivity contribution in [3.05, 3.63) is 63.9 Å². The standard InChI is InChI=1S/C38H43N7O13S2/c1-3-13-45(20-22-4-9-26-25(17-22)35(54)44-38(39)43-26)24-7-5-23(6-8-24)34(53)41-27(37(56)57)10-11-33(52)58-14-16-60-59-15-12-30(47)40-29(19-32(50)51)36(55)42-28(21(2)46)18-31(48)49/h1,4-9,17,27-29H,10-16,18-20H2,2H3,(H,40,47)(H,41,53)(H,42,55)(H,48,49)(H,50,51)(H,56,57)(H3,39,43,44,54)/t27-,28-,29-/m0/s1. The lowest BCUT2D eigenvalue weighted by atomic mass is 10.1. The van der Waals surface area contributed by atoms with Crippen molar-refractivity contribution >= 4 is 91.5 Å². The van der Waals surface area contributed by atoms with E-state index in [2.05, 4.69) is 31.8 Å². The Morgan fingerprint density at radius 3 is 2.20 bits per heavy atom. The summed E-state index contributed by atoms with van der Waals surface area (Å²) in [6.07, 6.45) is 3.38. The molecule has 0 saturated heterocycles. The van der Waals surface area contributed by atoms with Crippen LogP contribution >= 0.6 is 21.6 Å². The summed E-state index contributed by atoms with van der Waals surface area (Å²) in [6.45, 7) is 1.52. The smallest absolute Gasteiger partial charge is 0.326 e. The molecule has 0 saturated carbocycles. The number of terminal acetylenes is 1. The van der Waals surface area contributed by atoms with E-state index < -0.39 is 78.3 Å². The second-order valence-electron chi connectivity index (χ2n) is 12.9. The Bertz CT molecular complexity index is 2180. The lowest BCUT2D eigenvalue weighted by Gasteiger charge is -2.23. The number of aromatic nitrogens is 2. The first kappa shape index (κ1) is 47.8. The van der Waals surface area contributed by atoms with Gasteiger partial charge >= 0.3 is 23.9 Å². The summed E-state index contributed by atoms with van der Waals surface area (Å²) in [6, 6.07) is 7.05. The molecular formula is C38H43N7O13S2. The Hall–Kier alpha value is -6.60. The van der Waals surface area contributed by atoms with Crippen LogP contribution in [0.1, 0.15) is 54.9 Å². The van der Waals surface area contributed by atoms with Crippen molar-refractivity contribution in [2.45, 2.75) is 63.7 Å². The van der Waals surface area contributed by atoms with Crippen molar-refractivity contribution in [2.24, 2.45) is 0 Å². The van der Waals surface area contributed by atoms with E-state index in [9.17, 15) is 48.3 Å². The highest BCUT2D eigenvalue weighted by atomic mass is 33.1. The molecule has 0 aliphatic rings. The van der Waals surface area contributed by atoms with E-state index in [-0.39, 0.29) is 55.2 Å². The van der Waals surface area contributed by atoms with Crippen LogP contribution in [0.4, 0.5) is 11.6 Å². The number of rotatable bonds is 25. The second-order valence-corrected chi connectivity index (χ2v) is 15.6. The van der Waals surface area contributed by atoms with Gasteiger partial charge in [-0.25, -0.2) is 9.78 Å². The second kappa shape index (κ2) is 23.7. The number of aromatic amines is 1. The zero-order valence-corrected chi connectivity index (χ0v) is 33.8. The number of hydrogen-bond acceptors (Lipinski definition) is 15. The highest BCUT2D eigenvalue weighted by molar-refractivity contribution is 8.76. The molecule has 1 aromatic heterocycles. The number of nitrogens with two attached hydrogens (primary N) is 1. The monoisotopic (exact) mass is 869 g/mol. The van der Waals surface area contributed by atoms with E-state index in [1.807, 2.05) is 4.90 Å². The van der Waals surface area contributed by atoms with Crippen LogP contribution in [0.25, 0.3) is 10.9 Å². The molecular weight excluding hydrogens is 827 g/mol. The van der Waals surface area contributed by atoms with E-state index in [0.29, 0.717) is 28.9 Å². The fourth-order valence-corrected chi connectivity index (χ4v) is 7.18. The molecule has 3 atom stereocenters. The minimum Gasteiger partial charge on any atom is -0.481 e. The zero-order chi connectivity index (χ0) is 44.4. The first-order chi connectivity index (χ1) is 28.5. The lowest BCUT2D eigenvalue weighted by Crippen LogP contribution is -2.52. The van der Waals surface area contributed by atoms with E-state index in [1.165, 1.54) is 33.7 Å². The molecule has 3 amide bonds. The molecule has 0 bridgehead atoms. The number of esters is 1. The quantitative estimate of drug-likeness (QED) is 0.0254. The molecule has 3 aromatic rings. The molecule has 0 spiro atoms. The van der Waals surface area contributed by atoms with Crippen LogP contribution in [0.2, 0.25) is 0 Å². The molecule has 9 N–H and O–H groups in total. The number of nitrogens with zero attached hydrogens (tertiary/aromatic N) is 2. The normalized spacial score (nSPS) is 12.2. The number of amides is 3. The first-order valence-electron chi connectivity index (χ1n) is 18.0. The molecule has 0 fully saturated rings. The third-order valence-corrected chi connectivity index (χ3v) is 10.7.